The lowest BCUT2D eigenvalue weighted by atomic mass is 10.0. The zero-order valence-electron chi connectivity index (χ0n) is 30.5. The minimum atomic E-state index is -0.180. The van der Waals surface area contributed by atoms with Crippen LogP contribution in [0.1, 0.15) is 0 Å². The summed E-state index contributed by atoms with van der Waals surface area (Å²) in [6, 6.07) is 64.7. The standard InChI is InChI=1S/C51H31N5O/c57-50-42-30-46-39(35-22-11-14-26-44(35)54(46)33-18-6-2-7-19-33)28-38(42)41-29-40-36-23-12-15-27-45(36)55(34-20-8-3-9-21-34)47(40)31-48(41)56(50)51-52-43-25-13-10-24-37(43)49(53-51)32-16-4-1-5-17-32/h1-31H. The van der Waals surface area contributed by atoms with Crippen LogP contribution in [0.15, 0.2) is 193 Å². The van der Waals surface area contributed by atoms with Crippen molar-refractivity contribution >= 4 is 76.2 Å². The average molecular weight is 730 g/mol. The van der Waals surface area contributed by atoms with Gasteiger partial charge in [0.25, 0.3) is 5.56 Å². The molecule has 0 N–H and O–H groups in total. The van der Waals surface area contributed by atoms with Crippen LogP contribution < -0.4 is 5.56 Å². The Kier molecular flexibility index (Phi) is 6.68. The second-order valence-electron chi connectivity index (χ2n) is 14.6. The Bertz CT molecular complexity index is 3640. The van der Waals surface area contributed by atoms with E-state index >= 15 is 4.79 Å². The first kappa shape index (κ1) is 31.5. The van der Waals surface area contributed by atoms with Crippen LogP contribution in [-0.4, -0.2) is 23.7 Å². The first-order chi connectivity index (χ1) is 28.2. The van der Waals surface area contributed by atoms with Crippen molar-refractivity contribution in [3.63, 3.8) is 0 Å². The van der Waals surface area contributed by atoms with Gasteiger partial charge in [-0.2, -0.15) is 0 Å². The van der Waals surface area contributed by atoms with Gasteiger partial charge >= 0.3 is 0 Å². The van der Waals surface area contributed by atoms with Crippen LogP contribution in [0.4, 0.5) is 0 Å². The molecule has 8 aromatic carbocycles. The molecule has 266 valence electrons. The van der Waals surface area contributed by atoms with E-state index in [-0.39, 0.29) is 5.56 Å². The van der Waals surface area contributed by atoms with Gasteiger partial charge < -0.3 is 9.13 Å². The fourth-order valence-corrected chi connectivity index (χ4v) is 8.94. The smallest absolute Gasteiger partial charge is 0.265 e. The number of nitrogens with zero attached hydrogens (tertiary/aromatic N) is 5. The van der Waals surface area contributed by atoms with Crippen LogP contribution in [0.3, 0.4) is 0 Å². The van der Waals surface area contributed by atoms with Gasteiger partial charge in [0, 0.05) is 49.3 Å². The molecule has 0 aliphatic heterocycles. The molecule has 0 radical (unpaired) electrons. The van der Waals surface area contributed by atoms with Crippen molar-refractivity contribution < 1.29 is 0 Å². The Labute approximate surface area is 325 Å². The summed E-state index contributed by atoms with van der Waals surface area (Å²) in [6.07, 6.45) is 0. The minimum absolute atomic E-state index is 0.180. The normalized spacial score (nSPS) is 11.9. The molecule has 0 atom stereocenters. The number of benzene rings is 8. The summed E-state index contributed by atoms with van der Waals surface area (Å²) in [6.45, 7) is 0. The van der Waals surface area contributed by atoms with Crippen molar-refractivity contribution in [3.05, 3.63) is 198 Å². The molecule has 57 heavy (non-hydrogen) atoms. The lowest BCUT2D eigenvalue weighted by Crippen LogP contribution is -2.22. The van der Waals surface area contributed by atoms with E-state index in [0.29, 0.717) is 11.3 Å². The summed E-state index contributed by atoms with van der Waals surface area (Å²) < 4.78 is 6.29. The van der Waals surface area contributed by atoms with Gasteiger partial charge in [0.1, 0.15) is 0 Å². The largest absolute Gasteiger partial charge is 0.309 e. The second kappa shape index (κ2) is 12.1. The topological polar surface area (TPSA) is 57.6 Å². The first-order valence-electron chi connectivity index (χ1n) is 19.1. The molecule has 0 unspecified atom stereocenters. The number of para-hydroxylation sites is 5. The van der Waals surface area contributed by atoms with Gasteiger partial charge in [-0.25, -0.2) is 14.5 Å². The molecule has 0 bridgehead atoms. The molecular formula is C51H31N5O. The molecule has 12 aromatic rings. The van der Waals surface area contributed by atoms with Gasteiger partial charge in [0.15, 0.2) is 0 Å². The Morgan fingerprint density at radius 1 is 0.333 bits per heavy atom. The maximum atomic E-state index is 15.6. The van der Waals surface area contributed by atoms with E-state index < -0.39 is 0 Å². The zero-order chi connectivity index (χ0) is 37.6. The number of pyridine rings is 1. The van der Waals surface area contributed by atoms with Crippen molar-refractivity contribution in [3.8, 4) is 28.6 Å². The van der Waals surface area contributed by atoms with Gasteiger partial charge in [-0.3, -0.25) is 4.79 Å². The van der Waals surface area contributed by atoms with Crippen LogP contribution in [0, 0.1) is 0 Å². The quantitative estimate of drug-likeness (QED) is 0.170. The summed E-state index contributed by atoms with van der Waals surface area (Å²) >= 11 is 0. The second-order valence-corrected chi connectivity index (χ2v) is 14.6. The summed E-state index contributed by atoms with van der Waals surface area (Å²) in [5.41, 5.74) is 9.25. The summed E-state index contributed by atoms with van der Waals surface area (Å²) in [5, 5.41) is 7.80. The van der Waals surface area contributed by atoms with Crippen LogP contribution >= 0.6 is 0 Å². The molecule has 4 aromatic heterocycles. The first-order valence-corrected chi connectivity index (χ1v) is 19.1. The monoisotopic (exact) mass is 729 g/mol. The predicted octanol–water partition coefficient (Wildman–Crippen LogP) is 11.9. The molecule has 0 amide bonds. The van der Waals surface area contributed by atoms with Crippen molar-refractivity contribution in [1.29, 1.82) is 0 Å². The SMILES string of the molecule is O=c1c2cc3c(cc2c2cc4c5ccccc5n(-c5ccccc5)c4cc2n1-c1nc(-c2ccccc2)c2ccccc2n1)c1ccccc1n3-c1ccccc1. The molecule has 0 saturated carbocycles. The Morgan fingerprint density at radius 2 is 0.807 bits per heavy atom. The number of rotatable bonds is 4. The Balaban J connectivity index is 1.29. The highest BCUT2D eigenvalue weighted by Crippen LogP contribution is 2.40. The molecule has 4 heterocycles. The molecule has 0 saturated heterocycles. The predicted molar refractivity (Wildman–Crippen MR) is 234 cm³/mol. The maximum absolute atomic E-state index is 15.6. The van der Waals surface area contributed by atoms with Crippen molar-refractivity contribution in [2.75, 3.05) is 0 Å². The highest BCUT2D eigenvalue weighted by Gasteiger charge is 2.23. The van der Waals surface area contributed by atoms with Gasteiger partial charge in [-0.1, -0.05) is 121 Å². The van der Waals surface area contributed by atoms with Gasteiger partial charge in [-0.05, 0) is 72.1 Å². The summed E-state index contributed by atoms with van der Waals surface area (Å²) in [7, 11) is 0. The van der Waals surface area contributed by atoms with E-state index in [1.165, 1.54) is 0 Å². The molecule has 0 aliphatic carbocycles. The molecule has 6 nitrogen and oxygen atoms in total. The summed E-state index contributed by atoms with van der Waals surface area (Å²) in [5.74, 6) is 0.329. The van der Waals surface area contributed by atoms with Gasteiger partial charge in [0.2, 0.25) is 5.95 Å². The zero-order valence-corrected chi connectivity index (χ0v) is 30.5. The Hall–Kier alpha value is -7.83. The third-order valence-corrected chi connectivity index (χ3v) is 11.4. The molecule has 0 fully saturated rings. The third kappa shape index (κ3) is 4.61. The Morgan fingerprint density at radius 3 is 1.44 bits per heavy atom. The lowest BCUT2D eigenvalue weighted by Gasteiger charge is -2.16. The molecule has 0 aliphatic rings. The lowest BCUT2D eigenvalue weighted by molar-refractivity contribution is 0.947. The molecular weight excluding hydrogens is 699 g/mol. The third-order valence-electron chi connectivity index (χ3n) is 11.4. The fraction of sp³-hybridized carbons (Fsp3) is 0. The van der Waals surface area contributed by atoms with E-state index in [0.717, 1.165) is 93.4 Å². The highest BCUT2D eigenvalue weighted by molar-refractivity contribution is 6.21. The van der Waals surface area contributed by atoms with Crippen LogP contribution in [-0.2, 0) is 0 Å². The van der Waals surface area contributed by atoms with E-state index in [1.807, 2.05) is 54.6 Å². The molecule has 12 rings (SSSR count). The minimum Gasteiger partial charge on any atom is -0.309 e. The number of fused-ring (bicyclic) bond motifs is 10. The van der Waals surface area contributed by atoms with E-state index in [2.05, 4.69) is 143 Å². The maximum Gasteiger partial charge on any atom is 0.265 e. The number of aromatic nitrogens is 5. The van der Waals surface area contributed by atoms with E-state index in [9.17, 15) is 0 Å². The van der Waals surface area contributed by atoms with Crippen LogP contribution in [0.5, 0.6) is 0 Å². The van der Waals surface area contributed by atoms with Crippen molar-refractivity contribution in [1.82, 2.24) is 23.7 Å². The average Bonchev–Trinajstić information content (AvgIpc) is 3.78. The van der Waals surface area contributed by atoms with E-state index in [1.54, 1.807) is 4.57 Å². The van der Waals surface area contributed by atoms with Crippen molar-refractivity contribution in [2.45, 2.75) is 0 Å². The number of hydrogen-bond donors (Lipinski definition) is 0. The van der Waals surface area contributed by atoms with Crippen LogP contribution in [0.2, 0.25) is 0 Å². The summed E-state index contributed by atoms with van der Waals surface area (Å²) in [4.78, 5) is 26.0. The fourth-order valence-electron chi connectivity index (χ4n) is 8.94. The molecule has 6 heteroatoms. The highest BCUT2D eigenvalue weighted by atomic mass is 16.1. The number of hydrogen-bond acceptors (Lipinski definition) is 3. The van der Waals surface area contributed by atoms with Crippen LogP contribution in [0.25, 0.3) is 105 Å². The van der Waals surface area contributed by atoms with Gasteiger partial charge in [0.05, 0.1) is 44.2 Å². The van der Waals surface area contributed by atoms with E-state index in [4.69, 9.17) is 9.97 Å². The van der Waals surface area contributed by atoms with Gasteiger partial charge in [-0.15, -0.1) is 0 Å². The molecule has 0 spiro atoms. The van der Waals surface area contributed by atoms with Crippen molar-refractivity contribution in [2.24, 2.45) is 0 Å².